The van der Waals surface area contributed by atoms with Gasteiger partial charge >= 0.3 is 0 Å². The predicted octanol–water partition coefficient (Wildman–Crippen LogP) is 3.38. The van der Waals surface area contributed by atoms with Gasteiger partial charge in [0, 0.05) is 31.5 Å². The van der Waals surface area contributed by atoms with Crippen molar-refractivity contribution in [3.05, 3.63) is 48.4 Å². The van der Waals surface area contributed by atoms with Crippen LogP contribution in [0.15, 0.2) is 42.9 Å². The molecule has 0 aliphatic rings. The number of aryl methyl sites for hydroxylation is 1. The normalized spacial score (nSPS) is 11.4. The van der Waals surface area contributed by atoms with E-state index in [2.05, 4.69) is 20.3 Å². The maximum absolute atomic E-state index is 12.3. The number of aromatic amines is 1. The quantitative estimate of drug-likeness (QED) is 0.591. The molecule has 0 saturated heterocycles. The summed E-state index contributed by atoms with van der Waals surface area (Å²) in [6.07, 6.45) is 5.15. The van der Waals surface area contributed by atoms with Gasteiger partial charge in [0.05, 0.1) is 17.3 Å². The zero-order chi connectivity index (χ0) is 18.3. The number of hydrogen-bond donors (Lipinski definition) is 2. The van der Waals surface area contributed by atoms with Crippen molar-refractivity contribution in [3.8, 4) is 11.6 Å². The molecule has 0 aliphatic carbocycles. The molecule has 26 heavy (non-hydrogen) atoms. The Balaban J connectivity index is 1.67. The number of benzene rings is 1. The molecule has 0 bridgehead atoms. The highest BCUT2D eigenvalue weighted by atomic mass is 16.5. The second-order valence-electron chi connectivity index (χ2n) is 6.49. The molecule has 7 heteroatoms. The topological polar surface area (TPSA) is 84.8 Å². The molecule has 4 aromatic rings. The fraction of sp³-hybridized carbons (Fsp3) is 0.211. The van der Waals surface area contributed by atoms with Crippen LogP contribution in [0.1, 0.15) is 24.2 Å². The highest BCUT2D eigenvalue weighted by Crippen LogP contribution is 2.26. The Kier molecular flexibility index (Phi) is 3.84. The maximum Gasteiger partial charge on any atom is 0.255 e. The van der Waals surface area contributed by atoms with Crippen LogP contribution in [0.2, 0.25) is 0 Å². The van der Waals surface area contributed by atoms with Gasteiger partial charge in [-0.15, -0.1) is 0 Å². The van der Waals surface area contributed by atoms with Crippen molar-refractivity contribution in [1.29, 1.82) is 0 Å². The zero-order valence-electron chi connectivity index (χ0n) is 14.8. The second kappa shape index (κ2) is 6.18. The van der Waals surface area contributed by atoms with Crippen LogP contribution in [0.3, 0.4) is 0 Å². The number of carbonyl (C=O) groups excluding carboxylic acids is 1. The van der Waals surface area contributed by atoms with Crippen molar-refractivity contribution < 1.29 is 9.53 Å². The van der Waals surface area contributed by atoms with Gasteiger partial charge < -0.3 is 19.6 Å². The maximum atomic E-state index is 12.3. The minimum Gasteiger partial charge on any atom is -0.437 e. The molecule has 3 heterocycles. The molecule has 2 N–H and O–H groups in total. The Morgan fingerprint density at radius 2 is 2.15 bits per heavy atom. The van der Waals surface area contributed by atoms with Crippen molar-refractivity contribution in [2.45, 2.75) is 19.9 Å². The lowest BCUT2D eigenvalue weighted by Crippen LogP contribution is -2.29. The Hall–Kier alpha value is -3.35. The van der Waals surface area contributed by atoms with Gasteiger partial charge in [0.25, 0.3) is 5.91 Å². The fourth-order valence-electron chi connectivity index (χ4n) is 2.86. The van der Waals surface area contributed by atoms with E-state index in [-0.39, 0.29) is 11.9 Å². The van der Waals surface area contributed by atoms with Gasteiger partial charge in [-0.05, 0) is 37.4 Å². The summed E-state index contributed by atoms with van der Waals surface area (Å²) in [6.45, 7) is 3.82. The summed E-state index contributed by atoms with van der Waals surface area (Å²) in [5.74, 6) is 0.809. The van der Waals surface area contributed by atoms with Crippen LogP contribution in [0.25, 0.3) is 22.1 Å². The number of H-pyrrole nitrogens is 1. The average Bonchev–Trinajstić information content (AvgIpc) is 3.18. The first-order valence-corrected chi connectivity index (χ1v) is 8.39. The second-order valence-corrected chi connectivity index (χ2v) is 6.49. The van der Waals surface area contributed by atoms with E-state index in [0.717, 1.165) is 10.9 Å². The number of amides is 1. The zero-order valence-corrected chi connectivity index (χ0v) is 14.8. The number of carbonyl (C=O) groups is 1. The summed E-state index contributed by atoms with van der Waals surface area (Å²) in [7, 11) is 1.98. The monoisotopic (exact) mass is 349 g/mol. The minimum absolute atomic E-state index is 0.0388. The number of ether oxygens (including phenoxy) is 1. The number of nitrogens with zero attached hydrogens (tertiary/aromatic N) is 3. The lowest BCUT2D eigenvalue weighted by Gasteiger charge is -2.08. The third kappa shape index (κ3) is 2.88. The van der Waals surface area contributed by atoms with Crippen molar-refractivity contribution in [2.24, 2.45) is 7.05 Å². The van der Waals surface area contributed by atoms with E-state index in [1.54, 1.807) is 6.20 Å². The highest BCUT2D eigenvalue weighted by molar-refractivity contribution is 6.04. The van der Waals surface area contributed by atoms with Crippen LogP contribution >= 0.6 is 0 Å². The first kappa shape index (κ1) is 16.1. The van der Waals surface area contributed by atoms with E-state index in [1.165, 1.54) is 6.20 Å². The molecule has 0 unspecified atom stereocenters. The predicted molar refractivity (Wildman–Crippen MR) is 99.5 cm³/mol. The highest BCUT2D eigenvalue weighted by Gasteiger charge is 2.16. The van der Waals surface area contributed by atoms with Gasteiger partial charge in [-0.3, -0.25) is 4.79 Å². The fourth-order valence-corrected chi connectivity index (χ4v) is 2.86. The van der Waals surface area contributed by atoms with E-state index in [1.807, 2.05) is 55.9 Å². The Morgan fingerprint density at radius 1 is 1.31 bits per heavy atom. The van der Waals surface area contributed by atoms with Crippen molar-refractivity contribution in [3.63, 3.8) is 0 Å². The van der Waals surface area contributed by atoms with Crippen LogP contribution in [0.5, 0.6) is 11.6 Å². The van der Waals surface area contributed by atoms with Gasteiger partial charge in [-0.25, -0.2) is 9.97 Å². The first-order chi connectivity index (χ1) is 12.5. The lowest BCUT2D eigenvalue weighted by molar-refractivity contribution is 0.0944. The van der Waals surface area contributed by atoms with Crippen molar-refractivity contribution in [2.75, 3.05) is 0 Å². The first-order valence-electron chi connectivity index (χ1n) is 8.39. The van der Waals surface area contributed by atoms with E-state index in [4.69, 9.17) is 4.74 Å². The molecule has 3 aromatic heterocycles. The molecule has 1 aromatic carbocycles. The molecule has 0 saturated carbocycles. The van der Waals surface area contributed by atoms with Crippen LogP contribution in [0, 0.1) is 0 Å². The Bertz CT molecular complexity index is 1110. The third-order valence-corrected chi connectivity index (χ3v) is 4.11. The standard InChI is InChI=1S/C19H19N5O2/c1-11(2)22-19(25)14-9-20-18-17(14)23-16(10-21-18)26-13-5-4-12-6-7-24(3)15(12)8-13/h4-11H,1-3H3,(H,20,21)(H,22,25). The van der Waals surface area contributed by atoms with E-state index < -0.39 is 0 Å². The Morgan fingerprint density at radius 3 is 2.96 bits per heavy atom. The van der Waals surface area contributed by atoms with Gasteiger partial charge in [0.15, 0.2) is 5.65 Å². The largest absolute Gasteiger partial charge is 0.437 e. The summed E-state index contributed by atoms with van der Waals surface area (Å²) < 4.78 is 7.90. The van der Waals surface area contributed by atoms with E-state index in [9.17, 15) is 4.79 Å². The lowest BCUT2D eigenvalue weighted by atomic mass is 10.2. The summed E-state index contributed by atoms with van der Waals surface area (Å²) in [5, 5.41) is 4.00. The molecular formula is C19H19N5O2. The molecule has 0 atom stereocenters. The minimum atomic E-state index is -0.192. The summed E-state index contributed by atoms with van der Waals surface area (Å²) in [5.41, 5.74) is 2.55. The molecule has 0 fully saturated rings. The Labute approximate surface area is 150 Å². The summed E-state index contributed by atoms with van der Waals surface area (Å²) in [4.78, 5) is 24.0. The number of rotatable bonds is 4. The molecule has 0 spiro atoms. The summed E-state index contributed by atoms with van der Waals surface area (Å²) >= 11 is 0. The number of nitrogens with one attached hydrogen (secondary N) is 2. The third-order valence-electron chi connectivity index (χ3n) is 4.11. The molecular weight excluding hydrogens is 330 g/mol. The van der Waals surface area contributed by atoms with E-state index in [0.29, 0.717) is 28.4 Å². The summed E-state index contributed by atoms with van der Waals surface area (Å²) in [6, 6.07) is 7.91. The van der Waals surface area contributed by atoms with Gasteiger partial charge in [0.2, 0.25) is 5.88 Å². The average molecular weight is 349 g/mol. The van der Waals surface area contributed by atoms with Gasteiger partial charge in [-0.2, -0.15) is 0 Å². The molecule has 132 valence electrons. The molecule has 1 amide bonds. The smallest absolute Gasteiger partial charge is 0.255 e. The number of aromatic nitrogens is 4. The molecule has 7 nitrogen and oxygen atoms in total. The number of hydrogen-bond acceptors (Lipinski definition) is 4. The molecule has 4 rings (SSSR count). The van der Waals surface area contributed by atoms with Crippen LogP contribution in [-0.4, -0.2) is 31.5 Å². The van der Waals surface area contributed by atoms with Crippen LogP contribution in [0.4, 0.5) is 0 Å². The van der Waals surface area contributed by atoms with Gasteiger partial charge in [-0.1, -0.05) is 0 Å². The van der Waals surface area contributed by atoms with E-state index >= 15 is 0 Å². The SMILES string of the molecule is CC(C)NC(=O)c1c[nH]c2ncc(Oc3ccc4ccn(C)c4c3)nc12. The number of fused-ring (bicyclic) bond motifs is 2. The van der Waals surface area contributed by atoms with Crippen LogP contribution in [-0.2, 0) is 7.05 Å². The van der Waals surface area contributed by atoms with Gasteiger partial charge in [0.1, 0.15) is 11.3 Å². The molecule has 0 radical (unpaired) electrons. The molecule has 0 aliphatic heterocycles. The van der Waals surface area contributed by atoms with Crippen molar-refractivity contribution >= 4 is 28.0 Å². The van der Waals surface area contributed by atoms with Crippen LogP contribution < -0.4 is 10.1 Å². The van der Waals surface area contributed by atoms with Crippen molar-refractivity contribution in [1.82, 2.24) is 24.8 Å².